The van der Waals surface area contributed by atoms with Gasteiger partial charge in [0.15, 0.2) is 0 Å². The number of amides is 2. The number of urea groups is 1. The van der Waals surface area contributed by atoms with Gasteiger partial charge in [0.1, 0.15) is 5.75 Å². The molecule has 6 nitrogen and oxygen atoms in total. The van der Waals surface area contributed by atoms with Crippen LogP contribution in [0.4, 0.5) is 10.5 Å². The Morgan fingerprint density at radius 2 is 1.93 bits per heavy atom. The molecule has 1 saturated heterocycles. The van der Waals surface area contributed by atoms with Gasteiger partial charge in [-0.25, -0.2) is 9.78 Å². The number of anilines is 1. The third-order valence-electron chi connectivity index (χ3n) is 4.85. The number of ether oxygens (including phenoxy) is 1. The quantitative estimate of drug-likeness (QED) is 0.646. The summed E-state index contributed by atoms with van der Waals surface area (Å²) in [5, 5.41) is 0.693. The molecule has 0 unspecified atom stereocenters. The summed E-state index contributed by atoms with van der Waals surface area (Å²) >= 11 is 5.94. The minimum absolute atomic E-state index is 0.0109. The molecule has 4 rings (SSSR count). The summed E-state index contributed by atoms with van der Waals surface area (Å²) in [6.07, 6.45) is 3.69. The average molecular weight is 397 g/mol. The predicted octanol–water partition coefficient (Wildman–Crippen LogP) is 4.28. The summed E-state index contributed by atoms with van der Waals surface area (Å²) in [6, 6.07) is 13.4. The fourth-order valence-corrected chi connectivity index (χ4v) is 3.51. The molecule has 0 N–H and O–H groups in total. The van der Waals surface area contributed by atoms with Crippen LogP contribution in [0, 0.1) is 6.92 Å². The number of aryl methyl sites for hydroxylation is 1. The third kappa shape index (κ3) is 3.55. The Hall–Kier alpha value is -2.99. The van der Waals surface area contributed by atoms with Gasteiger partial charge in [-0.2, -0.15) is 0 Å². The monoisotopic (exact) mass is 396 g/mol. The van der Waals surface area contributed by atoms with E-state index in [1.54, 1.807) is 18.3 Å². The van der Waals surface area contributed by atoms with Crippen molar-refractivity contribution in [2.24, 2.45) is 0 Å². The van der Waals surface area contributed by atoms with Gasteiger partial charge in [-0.15, -0.1) is 0 Å². The maximum absolute atomic E-state index is 12.9. The van der Waals surface area contributed by atoms with Gasteiger partial charge in [-0.3, -0.25) is 4.90 Å². The summed E-state index contributed by atoms with van der Waals surface area (Å²) in [7, 11) is 1.63. The minimum Gasteiger partial charge on any atom is -0.494 e. The lowest BCUT2D eigenvalue weighted by molar-refractivity contribution is 0.219. The Morgan fingerprint density at radius 3 is 2.61 bits per heavy atom. The first-order valence-electron chi connectivity index (χ1n) is 9.05. The lowest BCUT2D eigenvalue weighted by Gasteiger charge is -2.20. The minimum atomic E-state index is -0.0109. The first-order valence-corrected chi connectivity index (χ1v) is 9.43. The van der Waals surface area contributed by atoms with Crippen LogP contribution in [0.1, 0.15) is 11.3 Å². The number of imidazole rings is 1. The molecule has 1 aromatic heterocycles. The largest absolute Gasteiger partial charge is 0.494 e. The Morgan fingerprint density at radius 1 is 1.14 bits per heavy atom. The van der Waals surface area contributed by atoms with Crippen molar-refractivity contribution in [2.75, 3.05) is 25.1 Å². The van der Waals surface area contributed by atoms with Crippen molar-refractivity contribution in [3.8, 4) is 11.4 Å². The second-order valence-corrected chi connectivity index (χ2v) is 7.20. The zero-order chi connectivity index (χ0) is 19.7. The standard InChI is InChI=1S/C21H21ClN4O2/c1-15-12-25(14-23-15)19-8-7-18(11-20(19)28-2)26-10-9-24(21(26)27)13-16-3-5-17(22)6-4-16/h3-8,11-12,14H,9-10,13H2,1-2H3. The van der Waals surface area contributed by atoms with Gasteiger partial charge in [0, 0.05) is 42.6 Å². The fourth-order valence-electron chi connectivity index (χ4n) is 3.38. The fraction of sp³-hybridized carbons (Fsp3) is 0.238. The molecule has 0 spiro atoms. The van der Waals surface area contributed by atoms with Crippen LogP contribution >= 0.6 is 11.6 Å². The molecule has 2 amide bonds. The van der Waals surface area contributed by atoms with Crippen molar-refractivity contribution in [1.29, 1.82) is 0 Å². The van der Waals surface area contributed by atoms with Crippen LogP contribution in [0.15, 0.2) is 55.0 Å². The van der Waals surface area contributed by atoms with Crippen LogP contribution in [0.3, 0.4) is 0 Å². The smallest absolute Gasteiger partial charge is 0.324 e. The summed E-state index contributed by atoms with van der Waals surface area (Å²) in [5.74, 6) is 0.693. The number of benzene rings is 2. The Kier molecular flexibility index (Phi) is 4.96. The number of carbonyl (C=O) groups excluding carboxylic acids is 1. The first kappa shape index (κ1) is 18.4. The molecule has 3 aromatic rings. The molecule has 7 heteroatoms. The third-order valence-corrected chi connectivity index (χ3v) is 5.10. The SMILES string of the molecule is COc1cc(N2CCN(Cc3ccc(Cl)cc3)C2=O)ccc1-n1cnc(C)c1. The summed E-state index contributed by atoms with van der Waals surface area (Å²) in [4.78, 5) is 20.8. The van der Waals surface area contributed by atoms with Crippen LogP contribution in [0.5, 0.6) is 5.75 Å². The maximum Gasteiger partial charge on any atom is 0.324 e. The van der Waals surface area contributed by atoms with E-state index < -0.39 is 0 Å². The van der Waals surface area contributed by atoms with Crippen molar-refractivity contribution in [3.05, 3.63) is 71.3 Å². The highest BCUT2D eigenvalue weighted by Gasteiger charge is 2.30. The van der Waals surface area contributed by atoms with Crippen molar-refractivity contribution < 1.29 is 9.53 Å². The molecular formula is C21H21ClN4O2. The van der Waals surface area contributed by atoms with Gasteiger partial charge in [-0.05, 0) is 36.8 Å². The normalized spacial score (nSPS) is 14.0. The molecule has 2 heterocycles. The number of methoxy groups -OCH3 is 1. The second-order valence-electron chi connectivity index (χ2n) is 6.76. The number of halogens is 1. The molecule has 0 radical (unpaired) electrons. The second kappa shape index (κ2) is 7.56. The number of nitrogens with zero attached hydrogens (tertiary/aromatic N) is 4. The van der Waals surface area contributed by atoms with E-state index in [1.165, 1.54) is 0 Å². The lowest BCUT2D eigenvalue weighted by Crippen LogP contribution is -2.31. The van der Waals surface area contributed by atoms with Crippen LogP contribution in [-0.2, 0) is 6.54 Å². The van der Waals surface area contributed by atoms with E-state index in [9.17, 15) is 4.79 Å². The molecule has 1 fully saturated rings. The summed E-state index contributed by atoms with van der Waals surface area (Å²) < 4.78 is 7.48. The zero-order valence-electron chi connectivity index (χ0n) is 15.8. The van der Waals surface area contributed by atoms with E-state index in [-0.39, 0.29) is 6.03 Å². The molecule has 0 saturated carbocycles. The van der Waals surface area contributed by atoms with Gasteiger partial charge >= 0.3 is 6.03 Å². The Balaban J connectivity index is 1.54. The maximum atomic E-state index is 12.9. The predicted molar refractivity (Wildman–Crippen MR) is 109 cm³/mol. The van der Waals surface area contributed by atoms with Gasteiger partial charge in [0.05, 0.1) is 24.8 Å². The molecule has 0 aliphatic carbocycles. The summed E-state index contributed by atoms with van der Waals surface area (Å²) in [5.41, 5.74) is 3.69. The average Bonchev–Trinajstić information content (AvgIpc) is 3.29. The number of carbonyl (C=O) groups is 1. The van der Waals surface area contributed by atoms with Crippen LogP contribution < -0.4 is 9.64 Å². The highest BCUT2D eigenvalue weighted by Crippen LogP contribution is 2.31. The van der Waals surface area contributed by atoms with Crippen LogP contribution in [-0.4, -0.2) is 40.7 Å². The van der Waals surface area contributed by atoms with E-state index in [0.29, 0.717) is 30.4 Å². The van der Waals surface area contributed by atoms with E-state index in [1.807, 2.05) is 65.1 Å². The molecular weight excluding hydrogens is 376 g/mol. The van der Waals surface area contributed by atoms with E-state index in [0.717, 1.165) is 22.6 Å². The van der Waals surface area contributed by atoms with Gasteiger partial charge in [0.25, 0.3) is 0 Å². The number of hydrogen-bond acceptors (Lipinski definition) is 3. The highest BCUT2D eigenvalue weighted by atomic mass is 35.5. The van der Waals surface area contributed by atoms with Gasteiger partial charge < -0.3 is 14.2 Å². The lowest BCUT2D eigenvalue weighted by atomic mass is 10.2. The Bertz CT molecular complexity index is 1000. The number of hydrogen-bond donors (Lipinski definition) is 0. The van der Waals surface area contributed by atoms with E-state index >= 15 is 0 Å². The van der Waals surface area contributed by atoms with Crippen molar-refractivity contribution in [2.45, 2.75) is 13.5 Å². The number of aromatic nitrogens is 2. The first-order chi connectivity index (χ1) is 13.5. The topological polar surface area (TPSA) is 50.6 Å². The molecule has 0 bridgehead atoms. The molecule has 1 aliphatic heterocycles. The Labute approximate surface area is 168 Å². The summed E-state index contributed by atoms with van der Waals surface area (Å²) in [6.45, 7) is 3.82. The van der Waals surface area contributed by atoms with Crippen LogP contribution in [0.25, 0.3) is 5.69 Å². The van der Waals surface area contributed by atoms with E-state index in [2.05, 4.69) is 4.98 Å². The molecule has 28 heavy (non-hydrogen) atoms. The van der Waals surface area contributed by atoms with Gasteiger partial charge in [0.2, 0.25) is 0 Å². The zero-order valence-corrected chi connectivity index (χ0v) is 16.6. The van der Waals surface area contributed by atoms with E-state index in [4.69, 9.17) is 16.3 Å². The van der Waals surface area contributed by atoms with Crippen molar-refractivity contribution in [1.82, 2.24) is 14.5 Å². The van der Waals surface area contributed by atoms with Crippen LogP contribution in [0.2, 0.25) is 5.02 Å². The molecule has 144 valence electrons. The highest BCUT2D eigenvalue weighted by molar-refractivity contribution is 6.30. The number of rotatable bonds is 5. The van der Waals surface area contributed by atoms with Crippen molar-refractivity contribution >= 4 is 23.3 Å². The molecule has 0 atom stereocenters. The van der Waals surface area contributed by atoms with Crippen molar-refractivity contribution in [3.63, 3.8) is 0 Å². The molecule has 2 aromatic carbocycles. The van der Waals surface area contributed by atoms with Gasteiger partial charge in [-0.1, -0.05) is 23.7 Å². The molecule has 1 aliphatic rings.